The molecule has 14 heavy (non-hydrogen) atoms. The highest BCUT2D eigenvalue weighted by atomic mass is 19.1. The molecule has 0 saturated heterocycles. The van der Waals surface area contributed by atoms with E-state index in [1.807, 2.05) is 0 Å². The largest absolute Gasteiger partial charge is 0.386 e. The predicted octanol–water partition coefficient (Wildman–Crippen LogP) is 1.45. The van der Waals surface area contributed by atoms with Gasteiger partial charge in [-0.05, 0) is 12.1 Å². The lowest BCUT2D eigenvalue weighted by Gasteiger charge is -2.13. The molecule has 0 unspecified atom stereocenters. The third kappa shape index (κ3) is 1.53. The molecule has 0 amide bonds. The number of nitrogens with zero attached hydrogens (tertiary/aromatic N) is 2. The van der Waals surface area contributed by atoms with Crippen LogP contribution in [0, 0.1) is 11.6 Å². The molecule has 0 atom stereocenters. The van der Waals surface area contributed by atoms with Crippen molar-refractivity contribution in [3.63, 3.8) is 0 Å². The van der Waals surface area contributed by atoms with Crippen LogP contribution in [0.25, 0.3) is 0 Å². The number of rotatable bonds is 1. The summed E-state index contributed by atoms with van der Waals surface area (Å²) >= 11 is 0. The number of hydrazone groups is 1. The second kappa shape index (κ2) is 3.25. The van der Waals surface area contributed by atoms with E-state index in [-0.39, 0.29) is 5.69 Å². The molecule has 5 heteroatoms. The number of benzene rings is 1. The van der Waals surface area contributed by atoms with E-state index in [0.717, 1.165) is 6.07 Å². The Bertz CT molecular complexity index is 390. The lowest BCUT2D eigenvalue weighted by Crippen LogP contribution is -2.13. The summed E-state index contributed by atoms with van der Waals surface area (Å²) in [5, 5.41) is 5.35. The number of hydrogen-bond acceptors (Lipinski definition) is 3. The van der Waals surface area contributed by atoms with Crippen LogP contribution in [0.5, 0.6) is 0 Å². The molecule has 1 aliphatic rings. The molecule has 0 aromatic heterocycles. The van der Waals surface area contributed by atoms with Crippen LogP contribution in [0.15, 0.2) is 23.3 Å². The summed E-state index contributed by atoms with van der Waals surface area (Å²) in [4.78, 5) is 0. The smallest absolute Gasteiger partial charge is 0.151 e. The van der Waals surface area contributed by atoms with Crippen molar-refractivity contribution in [2.24, 2.45) is 10.8 Å². The fraction of sp³-hybridized carbons (Fsp3) is 0.222. The molecule has 0 saturated carbocycles. The van der Waals surface area contributed by atoms with Gasteiger partial charge in [-0.3, -0.25) is 5.01 Å². The number of anilines is 1. The second-order valence-corrected chi connectivity index (χ2v) is 3.06. The van der Waals surface area contributed by atoms with Crippen LogP contribution < -0.4 is 10.7 Å². The van der Waals surface area contributed by atoms with Gasteiger partial charge in [0.2, 0.25) is 0 Å². The van der Waals surface area contributed by atoms with Gasteiger partial charge in [-0.25, -0.2) is 8.78 Å². The molecule has 1 aromatic rings. The molecule has 3 nitrogen and oxygen atoms in total. The van der Waals surface area contributed by atoms with E-state index in [0.29, 0.717) is 18.8 Å². The first kappa shape index (κ1) is 8.93. The first-order valence-corrected chi connectivity index (χ1v) is 4.22. The van der Waals surface area contributed by atoms with E-state index in [1.54, 1.807) is 0 Å². The summed E-state index contributed by atoms with van der Waals surface area (Å²) in [5.74, 6) is -0.750. The van der Waals surface area contributed by atoms with E-state index < -0.39 is 11.6 Å². The first-order chi connectivity index (χ1) is 6.66. The summed E-state index contributed by atoms with van der Waals surface area (Å²) in [6.07, 6.45) is 0.608. The Morgan fingerprint density at radius 3 is 2.71 bits per heavy atom. The van der Waals surface area contributed by atoms with Crippen LogP contribution >= 0.6 is 0 Å². The summed E-state index contributed by atoms with van der Waals surface area (Å²) in [6.45, 7) is 0.536. The van der Waals surface area contributed by atoms with E-state index in [9.17, 15) is 8.78 Å². The highest BCUT2D eigenvalue weighted by molar-refractivity contribution is 5.84. The molecular formula is C9H9F2N3. The molecule has 74 valence electrons. The highest BCUT2D eigenvalue weighted by Crippen LogP contribution is 2.22. The van der Waals surface area contributed by atoms with Gasteiger partial charge in [-0.1, -0.05) is 0 Å². The second-order valence-electron chi connectivity index (χ2n) is 3.06. The minimum atomic E-state index is -0.622. The van der Waals surface area contributed by atoms with E-state index >= 15 is 0 Å². The monoisotopic (exact) mass is 197 g/mol. The Morgan fingerprint density at radius 2 is 2.14 bits per heavy atom. The van der Waals surface area contributed by atoms with Crippen LogP contribution in [-0.4, -0.2) is 12.4 Å². The minimum absolute atomic E-state index is 0.256. The van der Waals surface area contributed by atoms with E-state index in [1.165, 1.54) is 17.1 Å². The molecule has 1 aromatic carbocycles. The predicted molar refractivity (Wildman–Crippen MR) is 49.9 cm³/mol. The fourth-order valence-corrected chi connectivity index (χ4v) is 1.34. The van der Waals surface area contributed by atoms with Crippen molar-refractivity contribution in [3.05, 3.63) is 29.8 Å². The zero-order chi connectivity index (χ0) is 10.1. The Hall–Kier alpha value is -1.65. The maximum absolute atomic E-state index is 13.2. The van der Waals surface area contributed by atoms with E-state index in [2.05, 4.69) is 5.10 Å². The van der Waals surface area contributed by atoms with Crippen LogP contribution in [0.2, 0.25) is 0 Å². The van der Waals surface area contributed by atoms with Crippen molar-refractivity contribution < 1.29 is 8.78 Å². The van der Waals surface area contributed by atoms with Crippen molar-refractivity contribution in [1.82, 2.24) is 0 Å². The van der Waals surface area contributed by atoms with Crippen molar-refractivity contribution in [2.45, 2.75) is 6.42 Å². The third-order valence-electron chi connectivity index (χ3n) is 2.02. The molecule has 1 aliphatic heterocycles. The Labute approximate surface area is 79.8 Å². The van der Waals surface area contributed by atoms with Gasteiger partial charge in [0.25, 0.3) is 0 Å². The summed E-state index contributed by atoms with van der Waals surface area (Å²) in [7, 11) is 0. The van der Waals surface area contributed by atoms with Gasteiger partial charge in [0.1, 0.15) is 11.7 Å². The number of nitrogens with two attached hydrogens (primary N) is 1. The summed E-state index contributed by atoms with van der Waals surface area (Å²) < 4.78 is 25.8. The normalized spacial score (nSPS) is 15.9. The Morgan fingerprint density at radius 1 is 1.36 bits per heavy atom. The van der Waals surface area contributed by atoms with Crippen molar-refractivity contribution >= 4 is 11.5 Å². The quantitative estimate of drug-likeness (QED) is 0.740. The van der Waals surface area contributed by atoms with Crippen LogP contribution in [0.4, 0.5) is 14.5 Å². The van der Waals surface area contributed by atoms with E-state index in [4.69, 9.17) is 5.73 Å². The van der Waals surface area contributed by atoms with Crippen molar-refractivity contribution in [3.8, 4) is 0 Å². The minimum Gasteiger partial charge on any atom is -0.386 e. The maximum Gasteiger partial charge on any atom is 0.151 e. The third-order valence-corrected chi connectivity index (χ3v) is 2.02. The van der Waals surface area contributed by atoms with Gasteiger partial charge < -0.3 is 5.73 Å². The summed E-state index contributed by atoms with van der Waals surface area (Å²) in [5.41, 5.74) is 5.71. The number of halogens is 2. The number of hydrogen-bond donors (Lipinski definition) is 1. The molecule has 0 bridgehead atoms. The Balaban J connectivity index is 2.33. The van der Waals surface area contributed by atoms with Crippen LogP contribution in [-0.2, 0) is 0 Å². The topological polar surface area (TPSA) is 41.6 Å². The molecule has 0 radical (unpaired) electrons. The molecule has 2 N–H and O–H groups in total. The summed E-state index contributed by atoms with van der Waals surface area (Å²) in [6, 6.07) is 3.38. The van der Waals surface area contributed by atoms with Gasteiger partial charge in [-0.15, -0.1) is 0 Å². The van der Waals surface area contributed by atoms with Crippen LogP contribution in [0.1, 0.15) is 6.42 Å². The average molecular weight is 197 g/mol. The first-order valence-electron chi connectivity index (χ1n) is 4.22. The SMILES string of the molecule is NC1=NN(c2ccc(F)cc2F)CC1. The molecule has 0 spiro atoms. The van der Waals surface area contributed by atoms with Crippen LogP contribution in [0.3, 0.4) is 0 Å². The molecule has 1 heterocycles. The maximum atomic E-state index is 13.2. The van der Waals surface area contributed by atoms with Gasteiger partial charge in [0.05, 0.1) is 5.69 Å². The molecule has 2 rings (SSSR count). The van der Waals surface area contributed by atoms with Crippen molar-refractivity contribution in [1.29, 1.82) is 0 Å². The highest BCUT2D eigenvalue weighted by Gasteiger charge is 2.16. The van der Waals surface area contributed by atoms with Gasteiger partial charge >= 0.3 is 0 Å². The lowest BCUT2D eigenvalue weighted by molar-refractivity contribution is 0.580. The standard InChI is InChI=1S/C9H9F2N3/c10-6-1-2-8(7(11)5-6)14-4-3-9(12)13-14/h1-2,5H,3-4H2,(H2,12,13). The lowest BCUT2D eigenvalue weighted by atomic mass is 10.3. The zero-order valence-electron chi connectivity index (χ0n) is 7.37. The zero-order valence-corrected chi connectivity index (χ0v) is 7.37. The van der Waals surface area contributed by atoms with Crippen molar-refractivity contribution in [2.75, 3.05) is 11.6 Å². The van der Waals surface area contributed by atoms with Gasteiger partial charge in [0.15, 0.2) is 5.82 Å². The Kier molecular flexibility index (Phi) is 2.07. The van der Waals surface area contributed by atoms with Gasteiger partial charge in [0, 0.05) is 19.0 Å². The average Bonchev–Trinajstić information content (AvgIpc) is 2.51. The molecular weight excluding hydrogens is 188 g/mol. The fourth-order valence-electron chi connectivity index (χ4n) is 1.34. The number of amidine groups is 1. The molecule has 0 fully saturated rings. The van der Waals surface area contributed by atoms with Gasteiger partial charge in [-0.2, -0.15) is 5.10 Å². The molecule has 0 aliphatic carbocycles.